The molecule has 0 atom stereocenters. The number of primary amides is 1. The van der Waals surface area contributed by atoms with Crippen molar-refractivity contribution < 1.29 is 4.79 Å². The number of amides is 1. The van der Waals surface area contributed by atoms with Gasteiger partial charge < -0.3 is 15.6 Å². The van der Waals surface area contributed by atoms with Crippen LogP contribution in [0.2, 0.25) is 5.02 Å². The molecule has 208 valence electrons. The number of nitrogens with two attached hydrogens (primary N) is 1. The summed E-state index contributed by atoms with van der Waals surface area (Å²) in [7, 11) is 0. The molecule has 1 aromatic heterocycles. The number of aryl methyl sites for hydroxylation is 2. The first kappa shape index (κ1) is 28.2. The molecule has 1 amide bonds. The van der Waals surface area contributed by atoms with Crippen molar-refractivity contribution in [3.63, 3.8) is 0 Å². The van der Waals surface area contributed by atoms with Crippen LogP contribution in [0.25, 0.3) is 28.1 Å². The molecule has 0 aliphatic heterocycles. The van der Waals surface area contributed by atoms with E-state index in [-0.39, 0.29) is 6.54 Å². The van der Waals surface area contributed by atoms with Crippen molar-refractivity contribution in [2.45, 2.75) is 39.5 Å². The number of hydrogen-bond donors (Lipinski definition) is 2. The summed E-state index contributed by atoms with van der Waals surface area (Å²) in [6.45, 7) is 4.34. The maximum Gasteiger partial charge on any atom is 0.236 e. The summed E-state index contributed by atoms with van der Waals surface area (Å²) >= 11 is 6.63. The fourth-order valence-corrected chi connectivity index (χ4v) is 5.23. The van der Waals surface area contributed by atoms with E-state index in [2.05, 4.69) is 65.3 Å². The van der Waals surface area contributed by atoms with Gasteiger partial charge in [0.05, 0.1) is 17.3 Å². The molecular weight excluding hydrogens is 528 g/mol. The Morgan fingerprint density at radius 3 is 2.17 bits per heavy atom. The molecule has 3 N–H and O–H groups in total. The topological polar surface area (TPSA) is 72.9 Å². The Bertz CT molecular complexity index is 1620. The van der Waals surface area contributed by atoms with Crippen LogP contribution in [0.1, 0.15) is 42.3 Å². The average Bonchev–Trinajstić information content (AvgIpc) is 3.39. The number of hydrogen-bond acceptors (Lipinski definition) is 3. The number of rotatable bonds is 11. The quantitative estimate of drug-likeness (QED) is 0.171. The Balaban J connectivity index is 1.42. The predicted molar refractivity (Wildman–Crippen MR) is 170 cm³/mol. The number of nitrogens with one attached hydrogen (secondary N) is 1. The summed E-state index contributed by atoms with van der Waals surface area (Å²) in [5, 5.41) is 3.71. The molecule has 0 aliphatic rings. The lowest BCUT2D eigenvalue weighted by atomic mass is 10.00. The number of imidazole rings is 1. The van der Waals surface area contributed by atoms with E-state index in [1.54, 1.807) is 0 Å². The highest BCUT2D eigenvalue weighted by molar-refractivity contribution is 6.33. The second-order valence-corrected chi connectivity index (χ2v) is 10.8. The van der Waals surface area contributed by atoms with Gasteiger partial charge in [-0.2, -0.15) is 0 Å². The van der Waals surface area contributed by atoms with Crippen molar-refractivity contribution >= 4 is 23.2 Å². The van der Waals surface area contributed by atoms with Crippen LogP contribution in [0.15, 0.2) is 97.2 Å². The molecule has 0 radical (unpaired) electrons. The highest BCUT2D eigenvalue weighted by Gasteiger charge is 2.15. The summed E-state index contributed by atoms with van der Waals surface area (Å²) in [4.78, 5) is 16.2. The van der Waals surface area contributed by atoms with Gasteiger partial charge in [0.1, 0.15) is 5.82 Å². The summed E-state index contributed by atoms with van der Waals surface area (Å²) in [6.07, 6.45) is 6.25. The van der Waals surface area contributed by atoms with Crippen molar-refractivity contribution in [2.24, 2.45) is 5.73 Å². The summed E-state index contributed by atoms with van der Waals surface area (Å²) in [5.74, 6) is 0.503. The normalized spacial score (nSPS) is 11.0. The zero-order chi connectivity index (χ0) is 28.8. The first-order valence-electron chi connectivity index (χ1n) is 14.1. The molecule has 0 unspecified atom stereocenters. The van der Waals surface area contributed by atoms with Gasteiger partial charge in [-0.05, 0) is 77.9 Å². The molecule has 5 rings (SSSR count). The third kappa shape index (κ3) is 7.05. The second kappa shape index (κ2) is 12.9. The molecule has 0 saturated carbocycles. The van der Waals surface area contributed by atoms with Gasteiger partial charge in [-0.25, -0.2) is 4.98 Å². The second-order valence-electron chi connectivity index (χ2n) is 10.4. The van der Waals surface area contributed by atoms with Crippen LogP contribution < -0.4 is 11.1 Å². The predicted octanol–water partition coefficient (Wildman–Crippen LogP) is 8.00. The zero-order valence-corrected chi connectivity index (χ0v) is 24.3. The highest BCUT2D eigenvalue weighted by Crippen LogP contribution is 2.30. The fourth-order valence-electron chi connectivity index (χ4n) is 4.90. The van der Waals surface area contributed by atoms with Crippen LogP contribution in [-0.2, 0) is 17.6 Å². The Hall–Kier alpha value is -4.35. The van der Waals surface area contributed by atoms with Crippen molar-refractivity contribution in [3.05, 3.63) is 125 Å². The minimum absolute atomic E-state index is 0.0880. The summed E-state index contributed by atoms with van der Waals surface area (Å²) < 4.78 is 2.10. The maximum absolute atomic E-state index is 11.2. The molecule has 0 fully saturated rings. The largest absolute Gasteiger partial charge is 0.376 e. The summed E-state index contributed by atoms with van der Waals surface area (Å²) in [5.41, 5.74) is 14.9. The number of unbranched alkanes of at least 4 members (excludes halogenated alkanes) is 1. The number of benzene rings is 4. The van der Waals surface area contributed by atoms with E-state index in [9.17, 15) is 4.79 Å². The number of anilines is 1. The van der Waals surface area contributed by atoms with E-state index in [0.29, 0.717) is 11.4 Å². The third-order valence-electron chi connectivity index (χ3n) is 7.21. The Morgan fingerprint density at radius 2 is 1.56 bits per heavy atom. The minimum atomic E-state index is -0.402. The van der Waals surface area contributed by atoms with E-state index in [0.717, 1.165) is 40.4 Å². The van der Waals surface area contributed by atoms with E-state index in [1.165, 1.54) is 35.1 Å². The smallest absolute Gasteiger partial charge is 0.236 e. The van der Waals surface area contributed by atoms with E-state index >= 15 is 0 Å². The Morgan fingerprint density at radius 1 is 0.902 bits per heavy atom. The van der Waals surface area contributed by atoms with Gasteiger partial charge in [0, 0.05) is 29.6 Å². The van der Waals surface area contributed by atoms with Crippen LogP contribution in [0.3, 0.4) is 0 Å². The molecule has 0 aliphatic carbocycles. The van der Waals surface area contributed by atoms with Gasteiger partial charge in [-0.1, -0.05) is 85.6 Å². The van der Waals surface area contributed by atoms with Gasteiger partial charge in [0.2, 0.25) is 5.91 Å². The lowest BCUT2D eigenvalue weighted by Gasteiger charge is -2.10. The molecule has 5 aromatic rings. The first-order valence-corrected chi connectivity index (χ1v) is 14.4. The zero-order valence-electron chi connectivity index (χ0n) is 23.5. The van der Waals surface area contributed by atoms with E-state index < -0.39 is 5.91 Å². The number of nitrogens with zero attached hydrogens (tertiary/aromatic N) is 2. The van der Waals surface area contributed by atoms with E-state index in [1.807, 2.05) is 55.6 Å². The molecule has 4 aromatic carbocycles. The first-order chi connectivity index (χ1) is 19.9. The van der Waals surface area contributed by atoms with Crippen molar-refractivity contribution in [3.8, 4) is 28.1 Å². The maximum atomic E-state index is 11.2. The van der Waals surface area contributed by atoms with Crippen molar-refractivity contribution in [1.82, 2.24) is 9.55 Å². The van der Waals surface area contributed by atoms with Gasteiger partial charge >= 0.3 is 0 Å². The minimum Gasteiger partial charge on any atom is -0.376 e. The molecule has 0 bridgehead atoms. The van der Waals surface area contributed by atoms with Crippen LogP contribution in [0, 0.1) is 6.92 Å². The monoisotopic (exact) mass is 562 g/mol. The Kier molecular flexibility index (Phi) is 8.85. The van der Waals surface area contributed by atoms with Crippen molar-refractivity contribution in [1.29, 1.82) is 0 Å². The molecule has 6 heteroatoms. The summed E-state index contributed by atoms with van der Waals surface area (Å²) in [6, 6.07) is 31.5. The van der Waals surface area contributed by atoms with Crippen LogP contribution in [0.4, 0.5) is 5.69 Å². The fraction of sp³-hybridized carbons (Fsp3) is 0.200. The molecule has 5 nitrogen and oxygen atoms in total. The van der Waals surface area contributed by atoms with Gasteiger partial charge in [0.25, 0.3) is 0 Å². The number of carbonyl (C=O) groups excluding carboxylic acids is 1. The SMILES string of the molecule is CCCCc1ccc(-c2ccc(Cc3nc(-c4ccc(C)cc4Cl)cn3-c3ccc(NCC(N)=O)cc3)cc2)cc1. The Labute approximate surface area is 247 Å². The van der Waals surface area contributed by atoms with Gasteiger partial charge in [-0.3, -0.25) is 4.79 Å². The third-order valence-corrected chi connectivity index (χ3v) is 7.53. The number of halogens is 1. The number of carbonyl (C=O) groups is 1. The average molecular weight is 563 g/mol. The van der Waals surface area contributed by atoms with Gasteiger partial charge in [-0.15, -0.1) is 0 Å². The molecule has 1 heterocycles. The van der Waals surface area contributed by atoms with Crippen LogP contribution in [-0.4, -0.2) is 22.0 Å². The standard InChI is InChI=1S/C35H35ClN4O/c1-3-4-5-25-7-11-27(12-8-25)28-13-9-26(10-14-28)21-35-39-33(31-19-6-24(2)20-32(31)36)23-40(35)30-17-15-29(16-18-30)38-22-34(37)41/h6-20,23,38H,3-5,21-22H2,1-2H3,(H2,37,41). The lowest BCUT2D eigenvalue weighted by molar-refractivity contribution is -0.116. The van der Waals surface area contributed by atoms with Crippen LogP contribution >= 0.6 is 11.6 Å². The van der Waals surface area contributed by atoms with Crippen molar-refractivity contribution in [2.75, 3.05) is 11.9 Å². The highest BCUT2D eigenvalue weighted by atomic mass is 35.5. The number of aromatic nitrogens is 2. The molecule has 0 saturated heterocycles. The molecule has 0 spiro atoms. The van der Waals surface area contributed by atoms with E-state index in [4.69, 9.17) is 22.3 Å². The van der Waals surface area contributed by atoms with Crippen LogP contribution in [0.5, 0.6) is 0 Å². The lowest BCUT2D eigenvalue weighted by Crippen LogP contribution is -2.21. The molecule has 41 heavy (non-hydrogen) atoms. The van der Waals surface area contributed by atoms with Gasteiger partial charge in [0.15, 0.2) is 0 Å². The molecular formula is C35H35ClN4O.